The molecule has 328 valence electrons. The summed E-state index contributed by atoms with van der Waals surface area (Å²) in [4.78, 5) is 12.6. The normalized spacial score (nSPS) is 51.0. The molecule has 0 aromatic rings. The van der Waals surface area contributed by atoms with Crippen LogP contribution in [0.5, 0.6) is 0 Å². The molecule has 3 aliphatic carbocycles. The minimum atomic E-state index is -1.78. The molecule has 0 radical (unpaired) electrons. The second kappa shape index (κ2) is 19.5. The summed E-state index contributed by atoms with van der Waals surface area (Å²) in [6, 6.07) is 0. The second-order valence-electron chi connectivity index (χ2n) is 16.6. The first-order chi connectivity index (χ1) is 27.1. The third-order valence-corrected chi connectivity index (χ3v) is 12.7. The molecular weight excluding hydrogens is 764 g/mol. The predicted octanol–water partition coefficient (Wildman–Crippen LogP) is -5.43. The molecule has 0 spiro atoms. The van der Waals surface area contributed by atoms with Gasteiger partial charge in [0.25, 0.3) is 0 Å². The first-order valence-corrected chi connectivity index (χ1v) is 19.9. The lowest BCUT2D eigenvalue weighted by atomic mass is 9.72. The second-order valence-corrected chi connectivity index (χ2v) is 16.6. The number of methoxy groups -OCH3 is 1. The summed E-state index contributed by atoms with van der Waals surface area (Å²) in [6.07, 6.45) is -20.5. The van der Waals surface area contributed by atoms with E-state index in [0.29, 0.717) is 19.3 Å². The zero-order valence-electron chi connectivity index (χ0n) is 31.7. The molecule has 20 nitrogen and oxygen atoms in total. The van der Waals surface area contributed by atoms with E-state index in [1.807, 2.05) is 0 Å². The molecule has 57 heavy (non-hydrogen) atoms. The van der Waals surface area contributed by atoms with Crippen LogP contribution in [0, 0.1) is 17.8 Å². The number of allylic oxidation sites excluding steroid dienone is 1. The van der Waals surface area contributed by atoms with E-state index in [4.69, 9.17) is 33.2 Å². The highest BCUT2D eigenvalue weighted by Gasteiger charge is 2.57. The summed E-state index contributed by atoms with van der Waals surface area (Å²) < 4.78 is 39.6. The molecule has 20 heteroatoms. The zero-order chi connectivity index (χ0) is 41.3. The average Bonchev–Trinajstić information content (AvgIpc) is 3.19. The molecule has 11 unspecified atom stereocenters. The Balaban J connectivity index is 1.15. The lowest BCUT2D eigenvalue weighted by Crippen LogP contribution is -2.64. The Morgan fingerprint density at radius 3 is 1.91 bits per heavy atom. The number of esters is 1. The van der Waals surface area contributed by atoms with Crippen LogP contribution in [0.2, 0.25) is 0 Å². The number of aliphatic hydroxyl groups is 14. The lowest BCUT2D eigenvalue weighted by Gasteiger charge is -2.50. The predicted molar refractivity (Wildman–Crippen MR) is 188 cm³/mol. The topological polar surface area (TPSA) is 328 Å². The highest BCUT2D eigenvalue weighted by Crippen LogP contribution is 2.44. The summed E-state index contributed by atoms with van der Waals surface area (Å²) in [7, 11) is 1.50. The Hall–Kier alpha value is -1.51. The number of rotatable bonds is 11. The Bertz CT molecular complexity index is 1310. The van der Waals surface area contributed by atoms with Crippen molar-refractivity contribution >= 4 is 5.97 Å². The third-order valence-electron chi connectivity index (χ3n) is 12.7. The number of fused-ring (bicyclic) bond motifs is 1. The van der Waals surface area contributed by atoms with E-state index >= 15 is 0 Å². The van der Waals surface area contributed by atoms with Gasteiger partial charge in [-0.2, -0.15) is 0 Å². The summed E-state index contributed by atoms with van der Waals surface area (Å²) in [5.41, 5.74) is 0. The van der Waals surface area contributed by atoms with Crippen molar-refractivity contribution in [3.8, 4) is 0 Å². The summed E-state index contributed by atoms with van der Waals surface area (Å²) in [6.45, 7) is -1.22. The number of hydrogen-bond donors (Lipinski definition) is 12. The molecule has 0 bridgehead atoms. The van der Waals surface area contributed by atoms with Gasteiger partial charge >= 0.3 is 5.97 Å². The molecular formula is C37H61O20+. The molecule has 3 heterocycles. The van der Waals surface area contributed by atoms with Gasteiger partial charge in [-0.15, -0.1) is 0 Å². The van der Waals surface area contributed by atoms with E-state index in [-0.39, 0.29) is 44.1 Å². The van der Waals surface area contributed by atoms with Crippen LogP contribution in [0.1, 0.15) is 51.4 Å². The van der Waals surface area contributed by atoms with E-state index < -0.39 is 147 Å². The smallest absolute Gasteiger partial charge is 0.330 e. The van der Waals surface area contributed by atoms with Gasteiger partial charge in [0.2, 0.25) is 0 Å². The Labute approximate surface area is 329 Å². The lowest BCUT2D eigenvalue weighted by molar-refractivity contribution is -0.368. The van der Waals surface area contributed by atoms with E-state index in [0.717, 1.165) is 0 Å². The van der Waals surface area contributed by atoms with Gasteiger partial charge in [-0.05, 0) is 44.4 Å². The number of aliphatic hydroxyl groups excluding tert-OH is 12. The molecule has 6 fully saturated rings. The monoisotopic (exact) mass is 825 g/mol. The van der Waals surface area contributed by atoms with Crippen molar-refractivity contribution in [3.63, 3.8) is 0 Å². The Morgan fingerprint density at radius 2 is 1.28 bits per heavy atom. The maximum atomic E-state index is 12.6. The van der Waals surface area contributed by atoms with Gasteiger partial charge in [-0.25, -0.2) is 4.79 Å². The first-order valence-electron chi connectivity index (χ1n) is 19.9. The van der Waals surface area contributed by atoms with Crippen LogP contribution in [0.4, 0.5) is 0 Å². The van der Waals surface area contributed by atoms with Gasteiger partial charge in [0, 0.05) is 31.9 Å². The molecule has 3 saturated heterocycles. The van der Waals surface area contributed by atoms with Gasteiger partial charge in [-0.1, -0.05) is 6.08 Å². The average molecular weight is 826 g/mol. The summed E-state index contributed by atoms with van der Waals surface area (Å²) >= 11 is 0. The highest BCUT2D eigenvalue weighted by atomic mass is 16.7. The van der Waals surface area contributed by atoms with Crippen molar-refractivity contribution in [2.75, 3.05) is 20.3 Å². The number of carbonyl (C=O) groups excluding carboxylic acids is 1. The van der Waals surface area contributed by atoms with Gasteiger partial charge in [-0.3, -0.25) is 0 Å². The van der Waals surface area contributed by atoms with E-state index in [2.05, 4.69) is 0 Å². The standard InChI is InChI=1S/C37H60O20/c1-51-23-6-14(2-4-18(23)40)3-5-27(43)52-13-26-30(46)32(48)34(50)36(57-26)54-22-10-16(39)9-21-17(22)11-24(35(53-21)15-7-19(41)28(44)20(42)8-15)55-37-33(49)31(47)29(45)25(12-38)56-37/h3,5,14-26,28-42,44-50H,2,4,6-13H2,1H3/p+1/t14?,15?,16?,17?,18?,19?,20?,21?,22?,23?,24?,25-,26-,28?,29+,30-,31+,32+,33-,34-,35?,36-,37-/m1/s1. The molecule has 13 N–H and O–H groups in total. The number of carbonyl (C=O) groups is 1. The van der Waals surface area contributed by atoms with Crippen LogP contribution in [-0.4, -0.2) is 215 Å². The molecule has 0 amide bonds. The van der Waals surface area contributed by atoms with Crippen molar-refractivity contribution in [1.29, 1.82) is 0 Å². The fourth-order valence-electron chi connectivity index (χ4n) is 9.38. The summed E-state index contributed by atoms with van der Waals surface area (Å²) in [5.74, 6) is -1.93. The largest absolute Gasteiger partial charge is 0.460 e. The summed E-state index contributed by atoms with van der Waals surface area (Å²) in [5, 5.41) is 126. The van der Waals surface area contributed by atoms with E-state index in [1.54, 1.807) is 6.08 Å². The van der Waals surface area contributed by atoms with Crippen molar-refractivity contribution in [3.05, 3.63) is 12.2 Å². The van der Waals surface area contributed by atoms with E-state index in [9.17, 15) is 66.1 Å². The maximum absolute atomic E-state index is 12.6. The molecule has 0 aromatic carbocycles. The van der Waals surface area contributed by atoms with Gasteiger partial charge < -0.3 is 94.4 Å². The zero-order valence-corrected chi connectivity index (χ0v) is 31.7. The number of ether oxygens (including phenoxy) is 7. The van der Waals surface area contributed by atoms with E-state index in [1.165, 1.54) is 13.2 Å². The van der Waals surface area contributed by atoms with Crippen molar-refractivity contribution in [2.45, 2.75) is 174 Å². The van der Waals surface area contributed by atoms with Crippen molar-refractivity contribution in [2.24, 2.45) is 17.8 Å². The fourth-order valence-corrected chi connectivity index (χ4v) is 9.38. The molecule has 21 atom stereocenters. The van der Waals surface area contributed by atoms with Crippen LogP contribution in [0.3, 0.4) is 0 Å². The number of hydrogen-bond acceptors (Lipinski definition) is 19. The molecule has 6 rings (SSSR count). The van der Waals surface area contributed by atoms with Crippen molar-refractivity contribution in [1.82, 2.24) is 0 Å². The van der Waals surface area contributed by atoms with Crippen LogP contribution < -0.4 is 0 Å². The SMILES string of the molecule is COC1CC(C=CC(=O)OC[C@H]2O[C@@H](OC3CC(O)CC4[OH+]C(C5CC(O)C(O)C(O)C5)C(O[C@@H]5O[C@H](CO)[C@H](O)[C@H](O)[C@H]5O)CC34)[C@H](O)[C@@H](O)[C@@H]2O)CCC1O. The quantitative estimate of drug-likeness (QED) is 0.0525. The maximum Gasteiger partial charge on any atom is 0.330 e. The highest BCUT2D eigenvalue weighted by molar-refractivity contribution is 5.81. The molecule has 3 aliphatic heterocycles. The fraction of sp³-hybridized carbons (Fsp3) is 0.919. The molecule has 3 saturated carbocycles. The van der Waals surface area contributed by atoms with Crippen LogP contribution in [0.25, 0.3) is 0 Å². The van der Waals surface area contributed by atoms with Gasteiger partial charge in [0.15, 0.2) is 24.8 Å². The Morgan fingerprint density at radius 1 is 0.667 bits per heavy atom. The van der Waals surface area contributed by atoms with Crippen LogP contribution in [0.15, 0.2) is 12.2 Å². The minimum absolute atomic E-state index is 0.0129. The third kappa shape index (κ3) is 10.2. The van der Waals surface area contributed by atoms with Crippen LogP contribution >= 0.6 is 0 Å². The molecule has 6 aliphatic rings. The molecule has 0 aromatic heterocycles. The van der Waals surface area contributed by atoms with Crippen molar-refractivity contribution < 1.29 is 99.2 Å². The van der Waals surface area contributed by atoms with Gasteiger partial charge in [0.05, 0.1) is 49.1 Å². The Kier molecular flexibility index (Phi) is 15.4. The van der Waals surface area contributed by atoms with Crippen LogP contribution in [-0.2, 0) is 33.2 Å². The van der Waals surface area contributed by atoms with Gasteiger partial charge in [0.1, 0.15) is 67.6 Å². The minimum Gasteiger partial charge on any atom is -0.460 e. The first kappa shape index (κ1) is 45.0.